The van der Waals surface area contributed by atoms with Gasteiger partial charge < -0.3 is 0 Å². The standard InChI is InChI=1S/C12H10N2O/c1-9-3-4-10(8-15)11(7-9)12-13-5-2-6-14-12/h2-8H,1H3. The van der Waals surface area contributed by atoms with E-state index in [2.05, 4.69) is 9.97 Å². The van der Waals surface area contributed by atoms with Gasteiger partial charge in [0.05, 0.1) is 0 Å². The highest BCUT2D eigenvalue weighted by molar-refractivity contribution is 5.85. The van der Waals surface area contributed by atoms with Crippen molar-refractivity contribution in [1.29, 1.82) is 0 Å². The van der Waals surface area contributed by atoms with E-state index in [9.17, 15) is 4.79 Å². The molecule has 0 amide bonds. The van der Waals surface area contributed by atoms with Crippen molar-refractivity contribution in [2.24, 2.45) is 0 Å². The molecule has 2 rings (SSSR count). The van der Waals surface area contributed by atoms with E-state index in [1.165, 1.54) is 0 Å². The van der Waals surface area contributed by atoms with Gasteiger partial charge in [-0.25, -0.2) is 9.97 Å². The first kappa shape index (κ1) is 9.52. The fraction of sp³-hybridized carbons (Fsp3) is 0.0833. The van der Waals surface area contributed by atoms with E-state index in [4.69, 9.17) is 0 Å². The second-order valence-electron chi connectivity index (χ2n) is 3.28. The van der Waals surface area contributed by atoms with Crippen molar-refractivity contribution in [1.82, 2.24) is 9.97 Å². The van der Waals surface area contributed by atoms with Crippen LogP contribution >= 0.6 is 0 Å². The predicted octanol–water partition coefficient (Wildman–Crippen LogP) is 2.26. The molecule has 1 aromatic carbocycles. The smallest absolute Gasteiger partial charge is 0.159 e. The zero-order chi connectivity index (χ0) is 10.7. The van der Waals surface area contributed by atoms with Crippen LogP contribution in [0.2, 0.25) is 0 Å². The van der Waals surface area contributed by atoms with Gasteiger partial charge in [-0.15, -0.1) is 0 Å². The number of aromatic nitrogens is 2. The Kier molecular flexibility index (Phi) is 2.54. The number of carbonyl (C=O) groups excluding carboxylic acids is 1. The molecule has 15 heavy (non-hydrogen) atoms. The Balaban J connectivity index is 2.61. The molecule has 0 unspecified atom stereocenters. The average molecular weight is 198 g/mol. The lowest BCUT2D eigenvalue weighted by Gasteiger charge is -2.03. The minimum absolute atomic E-state index is 0.586. The molecular formula is C12H10N2O. The molecule has 0 fully saturated rings. The highest BCUT2D eigenvalue weighted by Gasteiger charge is 2.06. The van der Waals surface area contributed by atoms with Crippen LogP contribution in [0.5, 0.6) is 0 Å². The van der Waals surface area contributed by atoms with Gasteiger partial charge in [-0.1, -0.05) is 17.7 Å². The lowest BCUT2D eigenvalue weighted by molar-refractivity contribution is 0.112. The Morgan fingerprint density at radius 1 is 1.20 bits per heavy atom. The van der Waals surface area contributed by atoms with E-state index in [0.717, 1.165) is 17.4 Å². The Hall–Kier alpha value is -2.03. The zero-order valence-electron chi connectivity index (χ0n) is 8.34. The summed E-state index contributed by atoms with van der Waals surface area (Å²) in [6.45, 7) is 1.97. The Bertz CT molecular complexity index is 480. The molecule has 2 aromatic rings. The summed E-state index contributed by atoms with van der Waals surface area (Å²) in [7, 11) is 0. The van der Waals surface area contributed by atoms with Crippen LogP contribution in [0.15, 0.2) is 36.7 Å². The minimum Gasteiger partial charge on any atom is -0.298 e. The maximum absolute atomic E-state index is 10.9. The number of benzene rings is 1. The van der Waals surface area contributed by atoms with E-state index >= 15 is 0 Å². The maximum Gasteiger partial charge on any atom is 0.159 e. The first-order valence-electron chi connectivity index (χ1n) is 4.64. The van der Waals surface area contributed by atoms with E-state index in [0.29, 0.717) is 11.4 Å². The van der Waals surface area contributed by atoms with Crippen LogP contribution in [0, 0.1) is 6.92 Å². The van der Waals surface area contributed by atoms with Gasteiger partial charge in [-0.05, 0) is 19.1 Å². The van der Waals surface area contributed by atoms with Gasteiger partial charge in [-0.3, -0.25) is 4.79 Å². The molecule has 0 atom stereocenters. The third-order valence-electron chi connectivity index (χ3n) is 2.14. The van der Waals surface area contributed by atoms with Crippen molar-refractivity contribution in [2.45, 2.75) is 6.92 Å². The molecule has 3 heteroatoms. The first-order valence-corrected chi connectivity index (χ1v) is 4.64. The van der Waals surface area contributed by atoms with Crippen LogP contribution in [-0.4, -0.2) is 16.3 Å². The lowest BCUT2D eigenvalue weighted by atomic mass is 10.0. The molecule has 1 aromatic heterocycles. The van der Waals surface area contributed by atoms with Crippen molar-refractivity contribution in [3.05, 3.63) is 47.8 Å². The van der Waals surface area contributed by atoms with Crippen molar-refractivity contribution in [3.63, 3.8) is 0 Å². The molecule has 74 valence electrons. The number of nitrogens with zero attached hydrogens (tertiary/aromatic N) is 2. The van der Waals surface area contributed by atoms with E-state index in [1.807, 2.05) is 19.1 Å². The summed E-state index contributed by atoms with van der Waals surface area (Å²) < 4.78 is 0. The molecule has 3 nitrogen and oxygen atoms in total. The predicted molar refractivity (Wildman–Crippen MR) is 57.6 cm³/mol. The molecule has 0 radical (unpaired) electrons. The highest BCUT2D eigenvalue weighted by atomic mass is 16.1. The summed E-state index contributed by atoms with van der Waals surface area (Å²) in [4.78, 5) is 19.1. The molecule has 0 saturated heterocycles. The quantitative estimate of drug-likeness (QED) is 0.695. The Labute approximate surface area is 87.8 Å². The van der Waals surface area contributed by atoms with Gasteiger partial charge in [0.1, 0.15) is 0 Å². The average Bonchev–Trinajstić information content (AvgIpc) is 2.30. The summed E-state index contributed by atoms with van der Waals surface area (Å²) >= 11 is 0. The lowest BCUT2D eigenvalue weighted by Crippen LogP contribution is -1.93. The number of carbonyl (C=O) groups is 1. The van der Waals surface area contributed by atoms with Gasteiger partial charge in [0.25, 0.3) is 0 Å². The number of hydrogen-bond donors (Lipinski definition) is 0. The summed E-state index contributed by atoms with van der Waals surface area (Å²) in [6, 6.07) is 7.35. The largest absolute Gasteiger partial charge is 0.298 e. The topological polar surface area (TPSA) is 42.9 Å². The third kappa shape index (κ3) is 1.91. The van der Waals surface area contributed by atoms with Crippen LogP contribution in [0.4, 0.5) is 0 Å². The minimum atomic E-state index is 0.586. The molecule has 0 aliphatic rings. The normalized spacial score (nSPS) is 9.93. The van der Waals surface area contributed by atoms with Crippen LogP contribution in [-0.2, 0) is 0 Å². The fourth-order valence-electron chi connectivity index (χ4n) is 1.40. The highest BCUT2D eigenvalue weighted by Crippen LogP contribution is 2.19. The van der Waals surface area contributed by atoms with Crippen LogP contribution in [0.3, 0.4) is 0 Å². The van der Waals surface area contributed by atoms with E-state index in [1.54, 1.807) is 24.5 Å². The van der Waals surface area contributed by atoms with Crippen molar-refractivity contribution in [2.75, 3.05) is 0 Å². The third-order valence-corrected chi connectivity index (χ3v) is 2.14. The van der Waals surface area contributed by atoms with E-state index in [-0.39, 0.29) is 0 Å². The number of aldehydes is 1. The van der Waals surface area contributed by atoms with E-state index < -0.39 is 0 Å². The fourth-order valence-corrected chi connectivity index (χ4v) is 1.40. The zero-order valence-corrected chi connectivity index (χ0v) is 8.34. The number of aryl methyl sites for hydroxylation is 1. The van der Waals surface area contributed by atoms with Gasteiger partial charge in [0.15, 0.2) is 12.1 Å². The molecule has 1 heterocycles. The summed E-state index contributed by atoms with van der Waals surface area (Å²) in [6.07, 6.45) is 4.16. The molecule has 0 spiro atoms. The SMILES string of the molecule is Cc1ccc(C=O)c(-c2ncccn2)c1. The molecule has 0 saturated carbocycles. The molecule has 0 aliphatic carbocycles. The molecule has 0 N–H and O–H groups in total. The maximum atomic E-state index is 10.9. The Morgan fingerprint density at radius 2 is 1.93 bits per heavy atom. The van der Waals surface area contributed by atoms with Gasteiger partial charge in [0, 0.05) is 23.5 Å². The van der Waals surface area contributed by atoms with Crippen molar-refractivity contribution < 1.29 is 4.79 Å². The second kappa shape index (κ2) is 4.00. The molecular weight excluding hydrogens is 188 g/mol. The first-order chi connectivity index (χ1) is 7.31. The van der Waals surface area contributed by atoms with Gasteiger partial charge >= 0.3 is 0 Å². The molecule has 0 bridgehead atoms. The summed E-state index contributed by atoms with van der Waals surface area (Å²) in [5.41, 5.74) is 2.49. The summed E-state index contributed by atoms with van der Waals surface area (Å²) in [5, 5.41) is 0. The monoisotopic (exact) mass is 198 g/mol. The summed E-state index contributed by atoms with van der Waals surface area (Å²) in [5.74, 6) is 0.586. The number of hydrogen-bond acceptors (Lipinski definition) is 3. The van der Waals surface area contributed by atoms with Crippen LogP contribution in [0.25, 0.3) is 11.4 Å². The number of rotatable bonds is 2. The second-order valence-corrected chi connectivity index (χ2v) is 3.28. The van der Waals surface area contributed by atoms with Gasteiger partial charge in [-0.2, -0.15) is 0 Å². The molecule has 0 aliphatic heterocycles. The van der Waals surface area contributed by atoms with Crippen molar-refractivity contribution in [3.8, 4) is 11.4 Å². The van der Waals surface area contributed by atoms with Crippen LogP contribution < -0.4 is 0 Å². The van der Waals surface area contributed by atoms with Crippen LogP contribution in [0.1, 0.15) is 15.9 Å². The Morgan fingerprint density at radius 3 is 2.60 bits per heavy atom. The van der Waals surface area contributed by atoms with Crippen molar-refractivity contribution >= 4 is 6.29 Å². The van der Waals surface area contributed by atoms with Gasteiger partial charge in [0.2, 0.25) is 0 Å².